The van der Waals surface area contributed by atoms with E-state index in [2.05, 4.69) is 0 Å². The normalized spacial score (nSPS) is 13.9. The second kappa shape index (κ2) is 6.76. The summed E-state index contributed by atoms with van der Waals surface area (Å²) in [6.45, 7) is 1.92. The molecule has 0 amide bonds. The van der Waals surface area contributed by atoms with Gasteiger partial charge >= 0.3 is 11.9 Å². The van der Waals surface area contributed by atoms with Crippen molar-refractivity contribution in [2.45, 2.75) is 6.92 Å². The van der Waals surface area contributed by atoms with Gasteiger partial charge in [-0.3, -0.25) is 0 Å². The van der Waals surface area contributed by atoms with Crippen LogP contribution in [0.25, 0.3) is 0 Å². The number of nitrogens with zero attached hydrogens (tertiary/aromatic N) is 1. The number of hydrogen-bond donors (Lipinski definition) is 0. The predicted octanol–water partition coefficient (Wildman–Crippen LogP) is 2.49. The van der Waals surface area contributed by atoms with Crippen molar-refractivity contribution in [1.29, 1.82) is 0 Å². The molecule has 22 heavy (non-hydrogen) atoms. The third-order valence-electron chi connectivity index (χ3n) is 3.26. The lowest BCUT2D eigenvalue weighted by molar-refractivity contribution is -0.139. The quantitative estimate of drug-likeness (QED) is 0.803. The highest BCUT2D eigenvalue weighted by atomic mass is 16.5. The number of allylic oxidation sites excluding steroid dienone is 2. The van der Waals surface area contributed by atoms with Crippen LogP contribution in [0.1, 0.15) is 5.56 Å². The molecule has 2 rings (SSSR count). The molecule has 0 spiro atoms. The summed E-state index contributed by atoms with van der Waals surface area (Å²) in [5, 5.41) is 0. The van der Waals surface area contributed by atoms with Crippen molar-refractivity contribution in [3.8, 4) is 0 Å². The molecule has 0 unspecified atom stereocenters. The Kier molecular flexibility index (Phi) is 4.78. The molecule has 0 aliphatic carbocycles. The molecule has 5 nitrogen and oxygen atoms in total. The van der Waals surface area contributed by atoms with Crippen LogP contribution in [-0.2, 0) is 19.1 Å². The number of para-hydroxylation sites is 1. The Labute approximate surface area is 129 Å². The van der Waals surface area contributed by atoms with Crippen LogP contribution in [0.15, 0.2) is 60.0 Å². The molecule has 0 N–H and O–H groups in total. The average Bonchev–Trinajstić information content (AvgIpc) is 2.76. The monoisotopic (exact) mass is 299 g/mol. The third kappa shape index (κ3) is 2.93. The maximum atomic E-state index is 12.2. The fraction of sp³-hybridized carbons (Fsp3) is 0.176. The van der Waals surface area contributed by atoms with E-state index in [1.807, 2.05) is 31.2 Å². The first-order chi connectivity index (χ1) is 10.6. The molecule has 5 heteroatoms. The van der Waals surface area contributed by atoms with E-state index in [0.29, 0.717) is 0 Å². The van der Waals surface area contributed by atoms with Crippen LogP contribution in [0.5, 0.6) is 0 Å². The highest BCUT2D eigenvalue weighted by molar-refractivity contribution is 6.05. The van der Waals surface area contributed by atoms with E-state index in [-0.39, 0.29) is 11.3 Å². The fourth-order valence-corrected chi connectivity index (χ4v) is 2.18. The summed E-state index contributed by atoms with van der Waals surface area (Å²) in [4.78, 5) is 25.9. The van der Waals surface area contributed by atoms with Gasteiger partial charge in [-0.1, -0.05) is 24.3 Å². The number of aryl methyl sites for hydroxylation is 1. The van der Waals surface area contributed by atoms with E-state index in [9.17, 15) is 9.59 Å². The van der Waals surface area contributed by atoms with Crippen LogP contribution >= 0.6 is 0 Å². The standard InChI is InChI=1S/C17H17NO4/c1-12-8-4-5-10-14(12)18-11-7-6-9-13(16(19)21-2)15(18)17(20)22-3/h4-11H,1-3H3. The van der Waals surface area contributed by atoms with E-state index in [1.54, 1.807) is 23.3 Å². The van der Waals surface area contributed by atoms with Gasteiger partial charge in [0.05, 0.1) is 19.8 Å². The minimum atomic E-state index is -0.611. The number of anilines is 1. The minimum absolute atomic E-state index is 0.119. The van der Waals surface area contributed by atoms with E-state index < -0.39 is 11.9 Å². The molecule has 0 saturated carbocycles. The molecule has 1 aliphatic heterocycles. The summed E-state index contributed by atoms with van der Waals surface area (Å²) in [5.41, 5.74) is 2.00. The topological polar surface area (TPSA) is 55.8 Å². The summed E-state index contributed by atoms with van der Waals surface area (Å²) in [7, 11) is 2.55. The number of carbonyl (C=O) groups is 2. The predicted molar refractivity (Wildman–Crippen MR) is 83.0 cm³/mol. The minimum Gasteiger partial charge on any atom is -0.465 e. The molecular formula is C17H17NO4. The van der Waals surface area contributed by atoms with Crippen LogP contribution in [-0.4, -0.2) is 26.2 Å². The largest absolute Gasteiger partial charge is 0.465 e. The third-order valence-corrected chi connectivity index (χ3v) is 3.26. The molecule has 0 atom stereocenters. The molecule has 0 fully saturated rings. The van der Waals surface area contributed by atoms with Gasteiger partial charge in [0, 0.05) is 11.9 Å². The number of ether oxygens (including phenoxy) is 2. The molecule has 0 radical (unpaired) electrons. The second-order valence-electron chi connectivity index (χ2n) is 4.60. The average molecular weight is 299 g/mol. The van der Waals surface area contributed by atoms with Gasteiger partial charge in [-0.05, 0) is 30.7 Å². The lowest BCUT2D eigenvalue weighted by Crippen LogP contribution is -2.27. The number of benzene rings is 1. The van der Waals surface area contributed by atoms with Gasteiger partial charge in [0.1, 0.15) is 5.70 Å². The van der Waals surface area contributed by atoms with Crippen molar-refractivity contribution < 1.29 is 19.1 Å². The van der Waals surface area contributed by atoms with Gasteiger partial charge in [-0.25, -0.2) is 9.59 Å². The summed E-state index contributed by atoms with van der Waals surface area (Å²) in [5.74, 6) is -1.21. The van der Waals surface area contributed by atoms with E-state index in [1.165, 1.54) is 20.3 Å². The smallest absolute Gasteiger partial charge is 0.355 e. The number of methoxy groups -OCH3 is 2. The van der Waals surface area contributed by atoms with Crippen LogP contribution < -0.4 is 4.90 Å². The van der Waals surface area contributed by atoms with Crippen molar-refractivity contribution >= 4 is 17.6 Å². The molecule has 114 valence electrons. The fourth-order valence-electron chi connectivity index (χ4n) is 2.18. The van der Waals surface area contributed by atoms with Crippen molar-refractivity contribution in [2.24, 2.45) is 0 Å². The molecule has 0 aromatic heterocycles. The Morgan fingerprint density at radius 3 is 2.32 bits per heavy atom. The Bertz CT molecular complexity index is 686. The SMILES string of the molecule is COC(=O)C1=C(C(=O)OC)N(c2ccccc2C)C=CC=C1. The first kappa shape index (κ1) is 15.6. The van der Waals surface area contributed by atoms with Gasteiger partial charge < -0.3 is 14.4 Å². The number of hydrogen-bond acceptors (Lipinski definition) is 5. The van der Waals surface area contributed by atoms with Gasteiger partial charge in [0.2, 0.25) is 0 Å². The second-order valence-corrected chi connectivity index (χ2v) is 4.60. The zero-order valence-electron chi connectivity index (χ0n) is 12.7. The van der Waals surface area contributed by atoms with Crippen LogP contribution in [0, 0.1) is 6.92 Å². The summed E-state index contributed by atoms with van der Waals surface area (Å²) < 4.78 is 9.62. The van der Waals surface area contributed by atoms with Crippen LogP contribution in [0.2, 0.25) is 0 Å². The van der Waals surface area contributed by atoms with E-state index in [4.69, 9.17) is 9.47 Å². The molecule has 0 saturated heterocycles. The Hall–Kier alpha value is -2.82. The zero-order valence-corrected chi connectivity index (χ0v) is 12.7. The highest BCUT2D eigenvalue weighted by Gasteiger charge is 2.27. The number of rotatable bonds is 3. The molecule has 1 aliphatic rings. The summed E-state index contributed by atoms with van der Waals surface area (Å²) in [6, 6.07) is 7.56. The molecule has 1 heterocycles. The van der Waals surface area contributed by atoms with E-state index in [0.717, 1.165) is 11.3 Å². The van der Waals surface area contributed by atoms with Crippen molar-refractivity contribution in [3.63, 3.8) is 0 Å². The first-order valence-corrected chi connectivity index (χ1v) is 6.70. The molecule has 1 aromatic rings. The van der Waals surface area contributed by atoms with Gasteiger partial charge in [-0.15, -0.1) is 0 Å². The lowest BCUT2D eigenvalue weighted by Gasteiger charge is -2.24. The molecular weight excluding hydrogens is 282 g/mol. The maximum absolute atomic E-state index is 12.2. The Morgan fingerprint density at radius 1 is 1.00 bits per heavy atom. The Morgan fingerprint density at radius 2 is 1.68 bits per heavy atom. The summed E-state index contributed by atoms with van der Waals surface area (Å²) >= 11 is 0. The van der Waals surface area contributed by atoms with Crippen molar-refractivity contribution in [3.05, 3.63) is 65.5 Å². The highest BCUT2D eigenvalue weighted by Crippen LogP contribution is 2.28. The van der Waals surface area contributed by atoms with Crippen molar-refractivity contribution in [1.82, 2.24) is 0 Å². The summed E-state index contributed by atoms with van der Waals surface area (Å²) in [6.07, 6.45) is 6.66. The Balaban J connectivity index is 2.67. The van der Waals surface area contributed by atoms with Crippen LogP contribution in [0.3, 0.4) is 0 Å². The number of carbonyl (C=O) groups excluding carboxylic acids is 2. The van der Waals surface area contributed by atoms with Gasteiger partial charge in [0.25, 0.3) is 0 Å². The molecule has 0 bridgehead atoms. The zero-order chi connectivity index (χ0) is 16.1. The molecule has 1 aromatic carbocycles. The first-order valence-electron chi connectivity index (χ1n) is 6.70. The van der Waals surface area contributed by atoms with Crippen LogP contribution in [0.4, 0.5) is 5.69 Å². The number of esters is 2. The van der Waals surface area contributed by atoms with Crippen molar-refractivity contribution in [2.75, 3.05) is 19.1 Å². The lowest BCUT2D eigenvalue weighted by atomic mass is 10.1. The maximum Gasteiger partial charge on any atom is 0.355 e. The van der Waals surface area contributed by atoms with E-state index >= 15 is 0 Å². The van der Waals surface area contributed by atoms with Gasteiger partial charge in [0.15, 0.2) is 0 Å². The van der Waals surface area contributed by atoms with Gasteiger partial charge in [-0.2, -0.15) is 0 Å².